The van der Waals surface area contributed by atoms with Crippen molar-refractivity contribution in [1.29, 1.82) is 0 Å². The Balaban J connectivity index is 3.20. The lowest BCUT2D eigenvalue weighted by atomic mass is 9.93. The first-order valence-corrected chi connectivity index (χ1v) is 7.03. The molecule has 5 heteroatoms. The SMILES string of the molecule is CCCN(CC(C)(C)CN)c1nc(C)ccc1C(N)=O. The first kappa shape index (κ1) is 16.4. The summed E-state index contributed by atoms with van der Waals surface area (Å²) in [5.74, 6) is 0.222. The van der Waals surface area contributed by atoms with Crippen molar-refractivity contribution in [3.63, 3.8) is 0 Å². The van der Waals surface area contributed by atoms with Gasteiger partial charge in [0.05, 0.1) is 5.56 Å². The molecular weight excluding hydrogens is 252 g/mol. The molecular formula is C15H26N4O. The van der Waals surface area contributed by atoms with Crippen LogP contribution in [0.2, 0.25) is 0 Å². The van der Waals surface area contributed by atoms with E-state index in [9.17, 15) is 4.79 Å². The molecule has 1 amide bonds. The average Bonchev–Trinajstić information content (AvgIpc) is 2.37. The van der Waals surface area contributed by atoms with Gasteiger partial charge in [0.2, 0.25) is 0 Å². The highest BCUT2D eigenvalue weighted by Crippen LogP contribution is 2.23. The maximum Gasteiger partial charge on any atom is 0.252 e. The summed E-state index contributed by atoms with van der Waals surface area (Å²) in [4.78, 5) is 18.2. The summed E-state index contributed by atoms with van der Waals surface area (Å²) in [6.45, 7) is 10.4. The fraction of sp³-hybridized carbons (Fsp3) is 0.600. The Morgan fingerprint density at radius 2 is 2.05 bits per heavy atom. The number of nitrogens with two attached hydrogens (primary N) is 2. The molecule has 5 nitrogen and oxygen atoms in total. The molecule has 0 atom stereocenters. The van der Waals surface area contributed by atoms with Gasteiger partial charge in [-0.1, -0.05) is 20.8 Å². The van der Waals surface area contributed by atoms with Crippen LogP contribution in [-0.4, -0.2) is 30.5 Å². The minimum Gasteiger partial charge on any atom is -0.365 e. The van der Waals surface area contributed by atoms with E-state index >= 15 is 0 Å². The van der Waals surface area contributed by atoms with Gasteiger partial charge in [0.25, 0.3) is 5.91 Å². The van der Waals surface area contributed by atoms with Gasteiger partial charge in [0.1, 0.15) is 5.82 Å². The molecule has 0 radical (unpaired) electrons. The smallest absolute Gasteiger partial charge is 0.252 e. The van der Waals surface area contributed by atoms with Crippen molar-refractivity contribution in [1.82, 2.24) is 4.98 Å². The fourth-order valence-corrected chi connectivity index (χ4v) is 2.09. The van der Waals surface area contributed by atoms with Crippen molar-refractivity contribution in [3.8, 4) is 0 Å². The van der Waals surface area contributed by atoms with Crippen molar-refractivity contribution in [2.45, 2.75) is 34.1 Å². The van der Waals surface area contributed by atoms with E-state index in [0.717, 1.165) is 25.2 Å². The second kappa shape index (κ2) is 6.70. The summed E-state index contributed by atoms with van der Waals surface area (Å²) in [6, 6.07) is 3.56. The van der Waals surface area contributed by atoms with E-state index < -0.39 is 5.91 Å². The van der Waals surface area contributed by atoms with Gasteiger partial charge in [0.15, 0.2) is 0 Å². The molecule has 1 aromatic heterocycles. The Morgan fingerprint density at radius 1 is 1.40 bits per heavy atom. The molecule has 0 saturated heterocycles. The lowest BCUT2D eigenvalue weighted by molar-refractivity contribution is 0.100. The third-order valence-corrected chi connectivity index (χ3v) is 3.24. The lowest BCUT2D eigenvalue weighted by Crippen LogP contribution is -2.40. The minimum atomic E-state index is -0.445. The number of hydrogen-bond acceptors (Lipinski definition) is 4. The van der Waals surface area contributed by atoms with E-state index in [-0.39, 0.29) is 5.41 Å². The van der Waals surface area contributed by atoms with Gasteiger partial charge in [-0.3, -0.25) is 4.79 Å². The molecule has 112 valence electrons. The van der Waals surface area contributed by atoms with Crippen LogP contribution in [0.1, 0.15) is 43.2 Å². The predicted molar refractivity (Wildman–Crippen MR) is 82.8 cm³/mol. The highest BCUT2D eigenvalue weighted by atomic mass is 16.1. The van der Waals surface area contributed by atoms with Gasteiger partial charge >= 0.3 is 0 Å². The van der Waals surface area contributed by atoms with Crippen LogP contribution in [0.4, 0.5) is 5.82 Å². The maximum atomic E-state index is 11.6. The molecule has 0 unspecified atom stereocenters. The Bertz CT molecular complexity index is 471. The van der Waals surface area contributed by atoms with E-state index in [1.165, 1.54) is 0 Å². The van der Waals surface area contributed by atoms with E-state index in [2.05, 4.69) is 30.7 Å². The number of hydrogen-bond donors (Lipinski definition) is 2. The number of carbonyl (C=O) groups is 1. The highest BCUT2D eigenvalue weighted by molar-refractivity contribution is 5.97. The number of carbonyl (C=O) groups excluding carboxylic acids is 1. The summed E-state index contributed by atoms with van der Waals surface area (Å²) in [7, 11) is 0. The minimum absolute atomic E-state index is 0.0461. The Kier molecular flexibility index (Phi) is 5.51. The Morgan fingerprint density at radius 3 is 2.55 bits per heavy atom. The molecule has 1 aromatic rings. The van der Waals surface area contributed by atoms with Crippen molar-refractivity contribution < 1.29 is 4.79 Å². The van der Waals surface area contributed by atoms with Gasteiger partial charge in [-0.15, -0.1) is 0 Å². The summed E-state index contributed by atoms with van der Waals surface area (Å²) < 4.78 is 0. The van der Waals surface area contributed by atoms with Crippen LogP contribution in [-0.2, 0) is 0 Å². The fourth-order valence-electron chi connectivity index (χ4n) is 2.09. The van der Waals surface area contributed by atoms with E-state index in [0.29, 0.717) is 17.9 Å². The van der Waals surface area contributed by atoms with Crippen molar-refractivity contribution in [3.05, 3.63) is 23.4 Å². The quantitative estimate of drug-likeness (QED) is 0.794. The van der Waals surface area contributed by atoms with E-state index in [4.69, 9.17) is 11.5 Å². The van der Waals surface area contributed by atoms with Crippen LogP contribution in [0.3, 0.4) is 0 Å². The van der Waals surface area contributed by atoms with Gasteiger partial charge in [0, 0.05) is 18.8 Å². The molecule has 0 aromatic carbocycles. The number of pyridine rings is 1. The Hall–Kier alpha value is -1.62. The summed E-state index contributed by atoms with van der Waals surface area (Å²) >= 11 is 0. The summed E-state index contributed by atoms with van der Waals surface area (Å²) in [5.41, 5.74) is 12.6. The molecule has 0 aliphatic heterocycles. The van der Waals surface area contributed by atoms with Crippen LogP contribution in [0.25, 0.3) is 0 Å². The van der Waals surface area contributed by atoms with Crippen molar-refractivity contribution in [2.75, 3.05) is 24.5 Å². The largest absolute Gasteiger partial charge is 0.365 e. The molecule has 4 N–H and O–H groups in total. The maximum absolute atomic E-state index is 11.6. The van der Waals surface area contributed by atoms with Crippen LogP contribution < -0.4 is 16.4 Å². The van der Waals surface area contributed by atoms with Crippen molar-refractivity contribution in [2.24, 2.45) is 16.9 Å². The summed E-state index contributed by atoms with van der Waals surface area (Å²) in [6.07, 6.45) is 0.967. The summed E-state index contributed by atoms with van der Waals surface area (Å²) in [5, 5.41) is 0. The van der Waals surface area contributed by atoms with E-state index in [1.54, 1.807) is 6.07 Å². The second-order valence-corrected chi connectivity index (χ2v) is 5.98. The van der Waals surface area contributed by atoms with Crippen LogP contribution in [0.5, 0.6) is 0 Å². The highest BCUT2D eigenvalue weighted by Gasteiger charge is 2.23. The second-order valence-electron chi connectivity index (χ2n) is 5.98. The zero-order chi connectivity index (χ0) is 15.3. The topological polar surface area (TPSA) is 85.2 Å². The monoisotopic (exact) mass is 278 g/mol. The van der Waals surface area contributed by atoms with Gasteiger partial charge < -0.3 is 16.4 Å². The molecule has 0 aliphatic rings. The standard InChI is InChI=1S/C15H26N4O/c1-5-8-19(10-15(3,4)9-16)14-12(13(17)20)7-6-11(2)18-14/h6-7H,5,8-10,16H2,1-4H3,(H2,17,20). The molecule has 1 heterocycles. The number of aromatic nitrogens is 1. The zero-order valence-electron chi connectivity index (χ0n) is 12.9. The van der Waals surface area contributed by atoms with Gasteiger partial charge in [-0.05, 0) is 37.4 Å². The molecule has 0 spiro atoms. The molecule has 0 bridgehead atoms. The number of anilines is 1. The first-order chi connectivity index (χ1) is 9.30. The number of primary amides is 1. The number of amides is 1. The molecule has 20 heavy (non-hydrogen) atoms. The zero-order valence-corrected chi connectivity index (χ0v) is 12.9. The molecule has 1 rings (SSSR count). The number of aryl methyl sites for hydroxylation is 1. The normalized spacial score (nSPS) is 11.4. The predicted octanol–water partition coefficient (Wildman–Crippen LogP) is 1.69. The van der Waals surface area contributed by atoms with Crippen molar-refractivity contribution >= 4 is 11.7 Å². The average molecular weight is 278 g/mol. The van der Waals surface area contributed by atoms with Crippen LogP contribution in [0.15, 0.2) is 12.1 Å². The lowest BCUT2D eigenvalue weighted by Gasteiger charge is -2.33. The first-order valence-electron chi connectivity index (χ1n) is 7.03. The molecule has 0 fully saturated rings. The number of nitrogens with zero attached hydrogens (tertiary/aromatic N) is 2. The van der Waals surface area contributed by atoms with Crippen LogP contribution >= 0.6 is 0 Å². The molecule has 0 saturated carbocycles. The van der Waals surface area contributed by atoms with Crippen LogP contribution in [0, 0.1) is 12.3 Å². The van der Waals surface area contributed by atoms with Gasteiger partial charge in [-0.25, -0.2) is 4.98 Å². The van der Waals surface area contributed by atoms with Gasteiger partial charge in [-0.2, -0.15) is 0 Å². The third-order valence-electron chi connectivity index (χ3n) is 3.24. The third kappa shape index (κ3) is 4.20. The van der Waals surface area contributed by atoms with E-state index in [1.807, 2.05) is 13.0 Å². The molecule has 0 aliphatic carbocycles. The number of rotatable bonds is 7. The Labute approximate surface area is 121 Å².